The highest BCUT2D eigenvalue weighted by atomic mass is 35.5. The van der Waals surface area contributed by atoms with Gasteiger partial charge in [0.05, 0.1) is 12.0 Å². The maximum absolute atomic E-state index is 12.1. The molecule has 20 heavy (non-hydrogen) atoms. The molecule has 1 aliphatic heterocycles. The lowest BCUT2D eigenvalue weighted by Crippen LogP contribution is -2.50. The van der Waals surface area contributed by atoms with Gasteiger partial charge in [0.1, 0.15) is 0 Å². The first-order valence-electron chi connectivity index (χ1n) is 6.08. The van der Waals surface area contributed by atoms with Gasteiger partial charge in [-0.1, -0.05) is 0 Å². The number of piperidine rings is 1. The summed E-state index contributed by atoms with van der Waals surface area (Å²) in [5.74, 6) is -0.380. The second kappa shape index (κ2) is 8.96. The van der Waals surface area contributed by atoms with Crippen LogP contribution in [0.15, 0.2) is 0 Å². The van der Waals surface area contributed by atoms with Crippen molar-refractivity contribution in [3.63, 3.8) is 0 Å². The van der Waals surface area contributed by atoms with E-state index in [1.165, 1.54) is 7.11 Å². The van der Waals surface area contributed by atoms with Crippen LogP contribution in [0.1, 0.15) is 12.8 Å². The molecule has 0 atom stereocenters. The zero-order valence-electron chi connectivity index (χ0n) is 11.2. The van der Waals surface area contributed by atoms with Gasteiger partial charge in [0, 0.05) is 19.4 Å². The summed E-state index contributed by atoms with van der Waals surface area (Å²) in [7, 11) is 1.52. The lowest BCUT2D eigenvalue weighted by Gasteiger charge is -2.35. The number of rotatable bonds is 6. The molecule has 1 heterocycles. The van der Waals surface area contributed by atoms with Gasteiger partial charge in [0.25, 0.3) is 0 Å². The second-order valence-electron chi connectivity index (χ2n) is 4.51. The Morgan fingerprint density at radius 3 is 2.50 bits per heavy atom. The SMILES string of the molecule is COCC1(C(=O)NCCSC(F)(F)F)CCNCC1.Cl. The van der Waals surface area contributed by atoms with Crippen molar-refractivity contribution in [2.24, 2.45) is 5.41 Å². The van der Waals surface area contributed by atoms with Crippen LogP contribution in [0.4, 0.5) is 13.2 Å². The first-order chi connectivity index (χ1) is 8.90. The van der Waals surface area contributed by atoms with E-state index in [9.17, 15) is 18.0 Å². The molecule has 1 fully saturated rings. The molecule has 9 heteroatoms. The fraction of sp³-hybridized carbons (Fsp3) is 0.909. The van der Waals surface area contributed by atoms with Crippen molar-refractivity contribution in [3.05, 3.63) is 0 Å². The number of halogens is 4. The number of amides is 1. The first-order valence-corrected chi connectivity index (χ1v) is 7.07. The van der Waals surface area contributed by atoms with E-state index >= 15 is 0 Å². The molecule has 0 bridgehead atoms. The smallest absolute Gasteiger partial charge is 0.384 e. The Kier molecular flexibility index (Phi) is 8.88. The summed E-state index contributed by atoms with van der Waals surface area (Å²) in [5, 5.41) is 5.73. The average molecular weight is 337 g/mol. The zero-order valence-corrected chi connectivity index (χ0v) is 12.8. The van der Waals surface area contributed by atoms with E-state index in [-0.39, 0.29) is 42.4 Å². The van der Waals surface area contributed by atoms with E-state index in [0.717, 1.165) is 0 Å². The van der Waals surface area contributed by atoms with Gasteiger partial charge < -0.3 is 15.4 Å². The number of methoxy groups -OCH3 is 1. The van der Waals surface area contributed by atoms with Crippen LogP contribution in [0.5, 0.6) is 0 Å². The minimum atomic E-state index is -4.25. The average Bonchev–Trinajstić information content (AvgIpc) is 2.34. The van der Waals surface area contributed by atoms with Crippen molar-refractivity contribution < 1.29 is 22.7 Å². The Morgan fingerprint density at radius 1 is 1.40 bits per heavy atom. The molecule has 0 aromatic rings. The number of hydrogen-bond donors (Lipinski definition) is 2. The highest BCUT2D eigenvalue weighted by Crippen LogP contribution is 2.31. The summed E-state index contributed by atoms with van der Waals surface area (Å²) >= 11 is -0.124. The fourth-order valence-electron chi connectivity index (χ4n) is 2.14. The highest BCUT2D eigenvalue weighted by molar-refractivity contribution is 8.00. The van der Waals surface area contributed by atoms with Crippen LogP contribution >= 0.6 is 24.2 Å². The lowest BCUT2D eigenvalue weighted by atomic mass is 9.78. The van der Waals surface area contributed by atoms with Gasteiger partial charge >= 0.3 is 5.51 Å². The Hall–Kier alpha value is -0.180. The Morgan fingerprint density at radius 2 is 2.00 bits per heavy atom. The minimum absolute atomic E-state index is 0. The van der Waals surface area contributed by atoms with Crippen molar-refractivity contribution in [1.29, 1.82) is 0 Å². The highest BCUT2D eigenvalue weighted by Gasteiger charge is 2.39. The van der Waals surface area contributed by atoms with Crippen LogP contribution in [0.2, 0.25) is 0 Å². The molecule has 1 amide bonds. The van der Waals surface area contributed by atoms with E-state index in [2.05, 4.69) is 10.6 Å². The van der Waals surface area contributed by atoms with E-state index in [1.807, 2.05) is 0 Å². The number of alkyl halides is 3. The normalized spacial score (nSPS) is 18.2. The number of carbonyl (C=O) groups is 1. The summed E-state index contributed by atoms with van der Waals surface area (Å²) in [6.07, 6.45) is 1.28. The fourth-order valence-corrected chi connectivity index (χ4v) is 2.57. The molecule has 0 radical (unpaired) electrons. The maximum Gasteiger partial charge on any atom is 0.441 e. The molecule has 0 unspecified atom stereocenters. The predicted molar refractivity (Wildman–Crippen MR) is 75.2 cm³/mol. The molecule has 0 aromatic heterocycles. The van der Waals surface area contributed by atoms with Crippen LogP contribution in [-0.4, -0.2) is 50.5 Å². The Balaban J connectivity index is 0.00000361. The quantitative estimate of drug-likeness (QED) is 0.726. The van der Waals surface area contributed by atoms with Gasteiger partial charge in [-0.25, -0.2) is 0 Å². The number of nitrogens with one attached hydrogen (secondary N) is 2. The third-order valence-corrected chi connectivity index (χ3v) is 3.85. The van der Waals surface area contributed by atoms with Crippen LogP contribution < -0.4 is 10.6 Å². The maximum atomic E-state index is 12.1. The van der Waals surface area contributed by atoms with Crippen molar-refractivity contribution in [2.75, 3.05) is 39.1 Å². The van der Waals surface area contributed by atoms with Gasteiger partial charge in [-0.3, -0.25) is 4.79 Å². The van der Waals surface area contributed by atoms with Gasteiger partial charge in [-0.05, 0) is 37.7 Å². The van der Waals surface area contributed by atoms with Crippen LogP contribution in [0, 0.1) is 5.41 Å². The number of carbonyl (C=O) groups excluding carboxylic acids is 1. The molecule has 0 saturated carbocycles. The van der Waals surface area contributed by atoms with Crippen LogP contribution in [0.3, 0.4) is 0 Å². The Labute approximate surface area is 127 Å². The number of hydrogen-bond acceptors (Lipinski definition) is 4. The molecule has 0 aliphatic carbocycles. The molecule has 120 valence electrons. The van der Waals surface area contributed by atoms with Crippen molar-refractivity contribution in [3.8, 4) is 0 Å². The second-order valence-corrected chi connectivity index (χ2v) is 5.67. The molecule has 0 spiro atoms. The largest absolute Gasteiger partial charge is 0.441 e. The van der Waals surface area contributed by atoms with Crippen molar-refractivity contribution in [2.45, 2.75) is 18.3 Å². The topological polar surface area (TPSA) is 50.4 Å². The zero-order chi connectivity index (χ0) is 14.4. The van der Waals surface area contributed by atoms with Gasteiger partial charge in [-0.2, -0.15) is 13.2 Å². The van der Waals surface area contributed by atoms with Gasteiger partial charge in [-0.15, -0.1) is 12.4 Å². The van der Waals surface area contributed by atoms with Crippen LogP contribution in [-0.2, 0) is 9.53 Å². The molecule has 1 aliphatic rings. The molecule has 4 nitrogen and oxygen atoms in total. The van der Waals surface area contributed by atoms with Gasteiger partial charge in [0.15, 0.2) is 0 Å². The molecule has 2 N–H and O–H groups in total. The molecular formula is C11H20ClF3N2O2S. The standard InChI is InChI=1S/C11H19F3N2O2S.ClH/c1-18-8-10(2-4-15-5-3-10)9(17)16-6-7-19-11(12,13)14;/h15H,2-8H2,1H3,(H,16,17);1H. The molecule has 0 aromatic carbocycles. The third-order valence-electron chi connectivity index (χ3n) is 3.12. The molecular weight excluding hydrogens is 317 g/mol. The summed E-state index contributed by atoms with van der Waals surface area (Å²) in [6, 6.07) is 0. The van der Waals surface area contributed by atoms with E-state index in [4.69, 9.17) is 4.74 Å². The Bertz CT molecular complexity index is 294. The summed E-state index contributed by atoms with van der Waals surface area (Å²) in [6.45, 7) is 1.75. The summed E-state index contributed by atoms with van der Waals surface area (Å²) < 4.78 is 41.0. The third kappa shape index (κ3) is 6.51. The molecule has 1 saturated heterocycles. The van der Waals surface area contributed by atoms with Crippen molar-refractivity contribution >= 4 is 30.1 Å². The predicted octanol–water partition coefficient (Wildman–Crippen LogP) is 1.79. The summed E-state index contributed by atoms with van der Waals surface area (Å²) in [5.41, 5.74) is -4.85. The van der Waals surface area contributed by atoms with Gasteiger partial charge in [0.2, 0.25) is 5.91 Å². The molecule has 1 rings (SSSR count). The number of thioether (sulfide) groups is 1. The van der Waals surface area contributed by atoms with E-state index in [0.29, 0.717) is 32.5 Å². The lowest BCUT2D eigenvalue weighted by molar-refractivity contribution is -0.136. The van der Waals surface area contributed by atoms with Crippen molar-refractivity contribution in [1.82, 2.24) is 10.6 Å². The first kappa shape index (κ1) is 19.8. The monoisotopic (exact) mass is 336 g/mol. The van der Waals surface area contributed by atoms with E-state index in [1.54, 1.807) is 0 Å². The summed E-state index contributed by atoms with van der Waals surface area (Å²) in [4.78, 5) is 12.1. The van der Waals surface area contributed by atoms with E-state index < -0.39 is 10.9 Å². The number of ether oxygens (including phenoxy) is 1. The minimum Gasteiger partial charge on any atom is -0.384 e. The van der Waals surface area contributed by atoms with Crippen LogP contribution in [0.25, 0.3) is 0 Å².